The average Bonchev–Trinajstić information content (AvgIpc) is 3.39. The van der Waals surface area contributed by atoms with Crippen LogP contribution in [-0.2, 0) is 9.47 Å². The van der Waals surface area contributed by atoms with Crippen LogP contribution in [0.5, 0.6) is 0 Å². The standard InChI is InChI=1S/C19H18ClN3O5S/c20-12-2-1-10(5-13(12)23(25)26)18(24)27-8-15-22-17-11-3-4-19(6-11,28-15)16(17)14-7-21-9-29-14/h1-5,9,11,14-17,22H,6-8H2. The van der Waals surface area contributed by atoms with E-state index in [0.29, 0.717) is 17.1 Å². The Bertz CT molecular complexity index is 932. The van der Waals surface area contributed by atoms with E-state index in [0.717, 1.165) is 19.0 Å². The number of aliphatic imine (C=N–C) groups is 1. The Labute approximate surface area is 175 Å². The number of carbonyl (C=O) groups excluding carboxylic acids is 1. The van der Waals surface area contributed by atoms with Gasteiger partial charge in [-0.15, -0.1) is 11.8 Å². The van der Waals surface area contributed by atoms with E-state index in [1.807, 2.05) is 5.55 Å². The van der Waals surface area contributed by atoms with E-state index in [4.69, 9.17) is 21.1 Å². The Hall–Kier alpha value is -1.94. The third-order valence-electron chi connectivity index (χ3n) is 6.07. The highest BCUT2D eigenvalue weighted by atomic mass is 35.5. The number of nitrogens with zero attached hydrogens (tertiary/aromatic N) is 2. The second kappa shape index (κ2) is 7.09. The molecule has 1 N–H and O–H groups in total. The lowest BCUT2D eigenvalue weighted by atomic mass is 9.81. The first kappa shape index (κ1) is 19.0. The number of halogens is 1. The van der Waals surface area contributed by atoms with Gasteiger partial charge in [-0.2, -0.15) is 0 Å². The fourth-order valence-electron chi connectivity index (χ4n) is 4.91. The number of esters is 1. The van der Waals surface area contributed by atoms with E-state index in [1.54, 1.807) is 11.8 Å². The van der Waals surface area contributed by atoms with Crippen LogP contribution in [0.3, 0.4) is 0 Å². The molecular weight excluding hydrogens is 418 g/mol. The quantitative estimate of drug-likeness (QED) is 0.328. The molecule has 0 radical (unpaired) electrons. The summed E-state index contributed by atoms with van der Waals surface area (Å²) in [6.07, 6.45) is 4.88. The van der Waals surface area contributed by atoms with Crippen LogP contribution in [0.4, 0.5) is 5.69 Å². The van der Waals surface area contributed by atoms with Crippen LogP contribution >= 0.6 is 23.4 Å². The molecule has 1 saturated carbocycles. The van der Waals surface area contributed by atoms with Gasteiger partial charge in [0.1, 0.15) is 17.9 Å². The van der Waals surface area contributed by atoms with Crippen LogP contribution in [0.1, 0.15) is 16.8 Å². The second-order valence-electron chi connectivity index (χ2n) is 7.67. The molecule has 10 heteroatoms. The van der Waals surface area contributed by atoms with Crippen molar-refractivity contribution in [2.45, 2.75) is 29.5 Å². The van der Waals surface area contributed by atoms with E-state index in [2.05, 4.69) is 22.5 Å². The number of rotatable bonds is 5. The molecule has 0 aromatic heterocycles. The van der Waals surface area contributed by atoms with E-state index < -0.39 is 17.1 Å². The number of benzene rings is 1. The Balaban J connectivity index is 1.25. The number of ether oxygens (including phenoxy) is 2. The van der Waals surface area contributed by atoms with Gasteiger partial charge in [0, 0.05) is 23.3 Å². The van der Waals surface area contributed by atoms with Crippen molar-refractivity contribution in [3.05, 3.63) is 51.1 Å². The van der Waals surface area contributed by atoms with Crippen molar-refractivity contribution in [2.75, 3.05) is 13.2 Å². The van der Waals surface area contributed by atoms with Gasteiger partial charge in [-0.25, -0.2) is 4.79 Å². The van der Waals surface area contributed by atoms with E-state index in [9.17, 15) is 14.9 Å². The minimum absolute atomic E-state index is 0.0229. The monoisotopic (exact) mass is 435 g/mol. The van der Waals surface area contributed by atoms with Gasteiger partial charge in [0.15, 0.2) is 0 Å². The van der Waals surface area contributed by atoms with Crippen LogP contribution in [0.25, 0.3) is 0 Å². The molecule has 1 spiro atoms. The van der Waals surface area contributed by atoms with Gasteiger partial charge in [-0.1, -0.05) is 23.8 Å². The van der Waals surface area contributed by atoms with Gasteiger partial charge in [0.25, 0.3) is 5.69 Å². The molecular formula is C19H18ClN3O5S. The first-order valence-corrected chi connectivity index (χ1v) is 10.7. The molecule has 1 saturated heterocycles. The lowest BCUT2D eigenvalue weighted by molar-refractivity contribution is -0.384. The summed E-state index contributed by atoms with van der Waals surface area (Å²) in [6, 6.07) is 4.11. The summed E-state index contributed by atoms with van der Waals surface area (Å²) in [4.78, 5) is 27.1. The maximum Gasteiger partial charge on any atom is 0.338 e. The topological polar surface area (TPSA) is 103 Å². The summed E-state index contributed by atoms with van der Waals surface area (Å²) in [6.45, 7) is 0.823. The largest absolute Gasteiger partial charge is 0.458 e. The third-order valence-corrected chi connectivity index (χ3v) is 7.46. The van der Waals surface area contributed by atoms with E-state index >= 15 is 0 Å². The summed E-state index contributed by atoms with van der Waals surface area (Å²) in [5.74, 6) is 0.0827. The van der Waals surface area contributed by atoms with Crippen LogP contribution < -0.4 is 5.32 Å². The number of hydrogen-bond donors (Lipinski definition) is 1. The molecule has 4 aliphatic rings. The van der Waals surface area contributed by atoms with E-state index in [1.165, 1.54) is 12.1 Å². The van der Waals surface area contributed by atoms with Crippen molar-refractivity contribution in [1.82, 2.24) is 5.32 Å². The van der Waals surface area contributed by atoms with Gasteiger partial charge < -0.3 is 9.47 Å². The SMILES string of the molecule is O=C(OCC1NC2C3C=CC(C3)(O1)C2C1CN=CS1)c1ccc(Cl)c([N+](=O)[O-])c1. The van der Waals surface area contributed by atoms with Crippen LogP contribution in [0, 0.1) is 22.0 Å². The number of thioether (sulfide) groups is 1. The normalized spacial score (nSPS) is 36.5. The molecule has 1 aromatic carbocycles. The molecule has 0 amide bonds. The number of nitro benzene ring substituents is 1. The number of nitro groups is 1. The second-order valence-corrected chi connectivity index (χ2v) is 9.17. The predicted octanol–water partition coefficient (Wildman–Crippen LogP) is 2.81. The molecule has 5 rings (SSSR count). The predicted molar refractivity (Wildman–Crippen MR) is 108 cm³/mol. The fourth-order valence-corrected chi connectivity index (χ4v) is 6.17. The Morgan fingerprint density at radius 2 is 2.38 bits per heavy atom. The van der Waals surface area contributed by atoms with Gasteiger partial charge in [0.05, 0.1) is 28.2 Å². The molecule has 2 fully saturated rings. The maximum absolute atomic E-state index is 12.4. The molecule has 6 atom stereocenters. The van der Waals surface area contributed by atoms with Gasteiger partial charge in [-0.3, -0.25) is 20.4 Å². The Kier molecular flexibility index (Phi) is 4.65. The highest BCUT2D eigenvalue weighted by Gasteiger charge is 2.62. The van der Waals surface area contributed by atoms with E-state index in [-0.39, 0.29) is 34.5 Å². The van der Waals surface area contributed by atoms with Crippen LogP contribution in [-0.4, -0.2) is 52.7 Å². The third kappa shape index (κ3) is 3.16. The Morgan fingerprint density at radius 3 is 3.10 bits per heavy atom. The minimum Gasteiger partial charge on any atom is -0.458 e. The summed E-state index contributed by atoms with van der Waals surface area (Å²) in [5, 5.41) is 14.9. The zero-order valence-electron chi connectivity index (χ0n) is 15.2. The highest BCUT2D eigenvalue weighted by molar-refractivity contribution is 8.12. The van der Waals surface area contributed by atoms with Crippen molar-refractivity contribution in [1.29, 1.82) is 0 Å². The molecule has 1 aromatic rings. The fraction of sp³-hybridized carbons (Fsp3) is 0.474. The minimum atomic E-state index is -0.650. The lowest BCUT2D eigenvalue weighted by Crippen LogP contribution is -2.62. The van der Waals surface area contributed by atoms with Gasteiger partial charge >= 0.3 is 5.97 Å². The first-order chi connectivity index (χ1) is 14.0. The van der Waals surface area contributed by atoms with Crippen molar-refractivity contribution in [2.24, 2.45) is 16.8 Å². The Morgan fingerprint density at radius 1 is 1.52 bits per heavy atom. The summed E-state index contributed by atoms with van der Waals surface area (Å²) < 4.78 is 11.8. The maximum atomic E-state index is 12.4. The van der Waals surface area contributed by atoms with Gasteiger partial charge in [0.2, 0.25) is 0 Å². The number of fused-ring (bicyclic) bond motifs is 3. The van der Waals surface area contributed by atoms with Crippen molar-refractivity contribution < 1.29 is 19.2 Å². The smallest absolute Gasteiger partial charge is 0.338 e. The highest BCUT2D eigenvalue weighted by Crippen LogP contribution is 2.55. The average molecular weight is 436 g/mol. The summed E-state index contributed by atoms with van der Waals surface area (Å²) in [7, 11) is 0. The first-order valence-electron chi connectivity index (χ1n) is 9.35. The van der Waals surface area contributed by atoms with Gasteiger partial charge in [-0.05, 0) is 24.5 Å². The van der Waals surface area contributed by atoms with Crippen molar-refractivity contribution in [3.8, 4) is 0 Å². The number of hydrogen-bond acceptors (Lipinski definition) is 8. The zero-order chi connectivity index (χ0) is 20.2. The molecule has 8 nitrogen and oxygen atoms in total. The molecule has 2 aliphatic carbocycles. The van der Waals surface area contributed by atoms with Crippen LogP contribution in [0.2, 0.25) is 5.02 Å². The molecule has 6 unspecified atom stereocenters. The molecule has 152 valence electrons. The van der Waals surface area contributed by atoms with Crippen molar-refractivity contribution in [3.63, 3.8) is 0 Å². The molecule has 2 aliphatic heterocycles. The summed E-state index contributed by atoms with van der Waals surface area (Å²) in [5.41, 5.74) is 1.32. The molecule has 29 heavy (non-hydrogen) atoms. The number of carbonyl (C=O) groups is 1. The van der Waals surface area contributed by atoms with Crippen molar-refractivity contribution >= 4 is 40.6 Å². The molecule has 3 bridgehead atoms. The number of nitrogens with one attached hydrogen (secondary N) is 1. The zero-order valence-corrected chi connectivity index (χ0v) is 16.8. The summed E-state index contributed by atoms with van der Waals surface area (Å²) >= 11 is 7.55. The lowest BCUT2D eigenvalue weighted by Gasteiger charge is -2.47. The van der Waals surface area contributed by atoms with Crippen LogP contribution in [0.15, 0.2) is 35.3 Å². The molecule has 2 heterocycles.